The average molecular weight is 411 g/mol. The summed E-state index contributed by atoms with van der Waals surface area (Å²) < 4.78 is 5.51. The number of ether oxygens (including phenoxy) is 1. The Balaban J connectivity index is 1.49. The zero-order chi connectivity index (χ0) is 21.6. The highest BCUT2D eigenvalue weighted by Crippen LogP contribution is 2.24. The molecular formula is C25H21N3O3. The molecule has 6 heteroatoms. The number of nitrogens with one attached hydrogen (secondary N) is 2. The second-order valence-corrected chi connectivity index (χ2v) is 6.99. The molecule has 2 amide bonds. The zero-order valence-electron chi connectivity index (χ0n) is 17.0. The van der Waals surface area contributed by atoms with Gasteiger partial charge in [0.2, 0.25) is 0 Å². The van der Waals surface area contributed by atoms with Gasteiger partial charge in [0, 0.05) is 10.9 Å². The van der Waals surface area contributed by atoms with Crippen molar-refractivity contribution >= 4 is 22.7 Å². The van der Waals surface area contributed by atoms with Gasteiger partial charge >= 0.3 is 0 Å². The molecule has 6 nitrogen and oxygen atoms in total. The van der Waals surface area contributed by atoms with E-state index >= 15 is 0 Å². The Morgan fingerprint density at radius 3 is 2.39 bits per heavy atom. The molecule has 0 atom stereocenters. The van der Waals surface area contributed by atoms with Gasteiger partial charge in [-0.2, -0.15) is 0 Å². The number of rotatable bonds is 5. The summed E-state index contributed by atoms with van der Waals surface area (Å²) in [6.45, 7) is 1.69. The van der Waals surface area contributed by atoms with Gasteiger partial charge in [0.15, 0.2) is 6.61 Å². The lowest BCUT2D eigenvalue weighted by atomic mass is 10.0. The lowest BCUT2D eigenvalue weighted by Crippen LogP contribution is -2.44. The van der Waals surface area contributed by atoms with Crippen molar-refractivity contribution in [2.75, 3.05) is 6.61 Å². The molecule has 0 aliphatic carbocycles. The van der Waals surface area contributed by atoms with Gasteiger partial charge < -0.3 is 4.74 Å². The number of pyridine rings is 1. The molecule has 0 spiro atoms. The monoisotopic (exact) mass is 411 g/mol. The molecule has 1 heterocycles. The topological polar surface area (TPSA) is 80.3 Å². The Labute approximate surface area is 179 Å². The van der Waals surface area contributed by atoms with E-state index in [0.717, 1.165) is 11.1 Å². The number of para-hydroxylation sites is 2. The van der Waals surface area contributed by atoms with Crippen LogP contribution in [0.5, 0.6) is 5.75 Å². The van der Waals surface area contributed by atoms with Crippen molar-refractivity contribution in [2.24, 2.45) is 0 Å². The molecular weight excluding hydrogens is 390 g/mol. The minimum absolute atomic E-state index is 0.211. The van der Waals surface area contributed by atoms with Crippen LogP contribution in [0.1, 0.15) is 15.9 Å². The first-order chi connectivity index (χ1) is 15.1. The van der Waals surface area contributed by atoms with Crippen molar-refractivity contribution in [3.63, 3.8) is 0 Å². The van der Waals surface area contributed by atoms with Crippen molar-refractivity contribution in [3.05, 3.63) is 96.1 Å². The fourth-order valence-corrected chi connectivity index (χ4v) is 3.21. The van der Waals surface area contributed by atoms with Crippen LogP contribution < -0.4 is 15.6 Å². The highest BCUT2D eigenvalue weighted by atomic mass is 16.5. The zero-order valence-corrected chi connectivity index (χ0v) is 17.0. The van der Waals surface area contributed by atoms with E-state index in [1.165, 1.54) is 0 Å². The van der Waals surface area contributed by atoms with Crippen molar-refractivity contribution < 1.29 is 14.3 Å². The number of aryl methyl sites for hydroxylation is 1. The maximum absolute atomic E-state index is 12.9. The Kier molecular flexibility index (Phi) is 5.89. The Morgan fingerprint density at radius 1 is 0.871 bits per heavy atom. The Hall–Kier alpha value is -4.19. The lowest BCUT2D eigenvalue weighted by Gasteiger charge is -2.12. The summed E-state index contributed by atoms with van der Waals surface area (Å²) >= 11 is 0. The third kappa shape index (κ3) is 4.70. The van der Waals surface area contributed by atoms with Gasteiger partial charge in [-0.1, -0.05) is 66.7 Å². The lowest BCUT2D eigenvalue weighted by molar-refractivity contribution is -0.123. The van der Waals surface area contributed by atoms with Crippen LogP contribution in [0.2, 0.25) is 0 Å². The van der Waals surface area contributed by atoms with Gasteiger partial charge in [0.25, 0.3) is 11.8 Å². The van der Waals surface area contributed by atoms with Crippen molar-refractivity contribution in [1.82, 2.24) is 15.8 Å². The summed E-state index contributed by atoms with van der Waals surface area (Å²) in [6.07, 6.45) is 0. The molecule has 0 fully saturated rings. The molecule has 0 aliphatic heterocycles. The van der Waals surface area contributed by atoms with E-state index in [2.05, 4.69) is 15.8 Å². The number of amides is 2. The molecule has 4 rings (SSSR count). The van der Waals surface area contributed by atoms with Crippen LogP contribution in [0.15, 0.2) is 84.9 Å². The molecule has 4 aromatic rings. The minimum Gasteiger partial charge on any atom is -0.483 e. The van der Waals surface area contributed by atoms with E-state index in [4.69, 9.17) is 4.74 Å². The summed E-state index contributed by atoms with van der Waals surface area (Å²) in [5.74, 6) is -0.269. The number of hydrogen-bond donors (Lipinski definition) is 2. The van der Waals surface area contributed by atoms with Crippen LogP contribution >= 0.6 is 0 Å². The Morgan fingerprint density at radius 2 is 1.58 bits per heavy atom. The summed E-state index contributed by atoms with van der Waals surface area (Å²) in [6, 6.07) is 26.2. The van der Waals surface area contributed by atoms with Crippen LogP contribution in [0.4, 0.5) is 0 Å². The first-order valence-corrected chi connectivity index (χ1v) is 9.84. The molecule has 154 valence electrons. The molecule has 0 unspecified atom stereocenters. The maximum Gasteiger partial charge on any atom is 0.276 e. The number of nitrogens with zero attached hydrogens (tertiary/aromatic N) is 1. The second-order valence-electron chi connectivity index (χ2n) is 6.99. The molecule has 2 N–H and O–H groups in total. The molecule has 0 radical (unpaired) electrons. The normalized spacial score (nSPS) is 10.5. The van der Waals surface area contributed by atoms with E-state index in [1.807, 2.05) is 79.7 Å². The van der Waals surface area contributed by atoms with E-state index in [-0.39, 0.29) is 6.61 Å². The average Bonchev–Trinajstić information content (AvgIpc) is 2.82. The van der Waals surface area contributed by atoms with E-state index in [9.17, 15) is 9.59 Å². The first-order valence-electron chi connectivity index (χ1n) is 9.84. The molecule has 0 bridgehead atoms. The second kappa shape index (κ2) is 9.09. The van der Waals surface area contributed by atoms with Gasteiger partial charge in [-0.3, -0.25) is 20.4 Å². The number of fused-ring (bicyclic) bond motifs is 1. The highest BCUT2D eigenvalue weighted by molar-refractivity contribution is 6.07. The molecule has 0 saturated heterocycles. The standard InChI is InChI=1S/C25H21N3O3/c1-17-9-5-8-14-23(17)31-16-24(29)27-28-25(30)20-15-22(18-10-3-2-4-11-18)26-21-13-7-6-12-19(20)21/h2-15H,16H2,1H3,(H,27,29)(H,28,30). The number of carbonyl (C=O) groups excluding carboxylic acids is 2. The van der Waals surface area contributed by atoms with Crippen molar-refractivity contribution in [3.8, 4) is 17.0 Å². The molecule has 3 aromatic carbocycles. The summed E-state index contributed by atoms with van der Waals surface area (Å²) in [5, 5.41) is 0.699. The third-order valence-electron chi connectivity index (χ3n) is 4.80. The van der Waals surface area contributed by atoms with E-state index in [1.54, 1.807) is 12.1 Å². The predicted molar refractivity (Wildman–Crippen MR) is 119 cm³/mol. The number of hydrogen-bond acceptors (Lipinski definition) is 4. The summed E-state index contributed by atoms with van der Waals surface area (Å²) in [5.41, 5.74) is 8.51. The number of hydrazine groups is 1. The maximum atomic E-state index is 12.9. The largest absolute Gasteiger partial charge is 0.483 e. The fraction of sp³-hybridized carbons (Fsp3) is 0.0800. The highest BCUT2D eigenvalue weighted by Gasteiger charge is 2.15. The smallest absolute Gasteiger partial charge is 0.276 e. The summed E-state index contributed by atoms with van der Waals surface area (Å²) in [4.78, 5) is 29.7. The van der Waals surface area contributed by atoms with Crippen LogP contribution in [0.3, 0.4) is 0 Å². The van der Waals surface area contributed by atoms with Gasteiger partial charge in [-0.25, -0.2) is 4.98 Å². The van der Waals surface area contributed by atoms with Crippen molar-refractivity contribution in [2.45, 2.75) is 6.92 Å². The predicted octanol–water partition coefficient (Wildman–Crippen LogP) is 4.05. The van der Waals surface area contributed by atoms with Crippen LogP contribution in [0.25, 0.3) is 22.2 Å². The minimum atomic E-state index is -0.460. The first kappa shape index (κ1) is 20.1. The van der Waals surface area contributed by atoms with Gasteiger partial charge in [0.1, 0.15) is 5.75 Å². The van der Waals surface area contributed by atoms with Crippen molar-refractivity contribution in [1.29, 1.82) is 0 Å². The molecule has 0 saturated carbocycles. The molecule has 0 aliphatic rings. The Bertz CT molecular complexity index is 1240. The fourth-order valence-electron chi connectivity index (χ4n) is 3.21. The molecule has 31 heavy (non-hydrogen) atoms. The van der Waals surface area contributed by atoms with Crippen LogP contribution in [-0.2, 0) is 4.79 Å². The van der Waals surface area contributed by atoms with E-state index < -0.39 is 11.8 Å². The SMILES string of the molecule is Cc1ccccc1OCC(=O)NNC(=O)c1cc(-c2ccccc2)nc2ccccc12. The van der Waals surface area contributed by atoms with Crippen LogP contribution in [0, 0.1) is 6.92 Å². The van der Waals surface area contributed by atoms with Crippen LogP contribution in [-0.4, -0.2) is 23.4 Å². The third-order valence-corrected chi connectivity index (χ3v) is 4.80. The number of benzene rings is 3. The summed E-state index contributed by atoms with van der Waals surface area (Å²) in [7, 11) is 0. The molecule has 1 aromatic heterocycles. The quantitative estimate of drug-likeness (QED) is 0.486. The van der Waals surface area contributed by atoms with E-state index in [0.29, 0.717) is 27.9 Å². The van der Waals surface area contributed by atoms with Gasteiger partial charge in [-0.15, -0.1) is 0 Å². The number of carbonyl (C=O) groups is 2. The van der Waals surface area contributed by atoms with Gasteiger partial charge in [0.05, 0.1) is 16.8 Å². The number of aromatic nitrogens is 1. The van der Waals surface area contributed by atoms with Gasteiger partial charge in [-0.05, 0) is 30.7 Å².